The van der Waals surface area contributed by atoms with Crippen molar-refractivity contribution >= 4 is 0 Å². The summed E-state index contributed by atoms with van der Waals surface area (Å²) < 4.78 is 0. The van der Waals surface area contributed by atoms with Gasteiger partial charge in [-0.05, 0) is 92.3 Å². The molecule has 0 unspecified atom stereocenters. The van der Waals surface area contributed by atoms with Crippen LogP contribution < -0.4 is 0 Å². The summed E-state index contributed by atoms with van der Waals surface area (Å²) in [5, 5.41) is 10.1. The second kappa shape index (κ2) is 9.54. The molecule has 0 amide bonds. The Labute approximate surface area is 180 Å². The molecule has 1 nitrogen and oxygen atoms in total. The maximum absolute atomic E-state index is 10.1. The molecule has 0 aromatic rings. The standard InChI is InChI=1S/C28H46O/c1-19(2)20(3)9-10-22(5)26-15-16-27-23(8-7-17-28(26,27)6)12-13-24-18-25(29)14-11-21(24)4/h9-10,12-13,19-22,25-27,29H,7-8,11,14-18H2,1-6H3/b10-9-,23-12+,24-13+/t20-,21-,22+,25-,26+,27-,28+/m0/s1. The number of hydrogen-bond donors (Lipinski definition) is 1. The SMILES string of the molecule is CC(C)[C@@H](C)/C=C\[C@@H](C)[C@H]1CC[C@H]2/C(=C/C=C3\C[C@@H](O)CC[C@@H]3C)CCC[C@]12C. The van der Waals surface area contributed by atoms with Crippen molar-refractivity contribution < 1.29 is 5.11 Å². The minimum Gasteiger partial charge on any atom is -0.393 e. The normalized spacial score (nSPS) is 40.7. The highest BCUT2D eigenvalue weighted by Crippen LogP contribution is 2.59. The van der Waals surface area contributed by atoms with Gasteiger partial charge in [0, 0.05) is 0 Å². The van der Waals surface area contributed by atoms with Crippen molar-refractivity contribution in [1.82, 2.24) is 0 Å². The van der Waals surface area contributed by atoms with Gasteiger partial charge in [0.05, 0.1) is 6.10 Å². The summed E-state index contributed by atoms with van der Waals surface area (Å²) in [6, 6.07) is 0. The highest BCUT2D eigenvalue weighted by molar-refractivity contribution is 5.27. The molecule has 0 saturated heterocycles. The van der Waals surface area contributed by atoms with E-state index in [2.05, 4.69) is 65.8 Å². The molecule has 3 fully saturated rings. The molecule has 0 aromatic carbocycles. The molecular weight excluding hydrogens is 352 g/mol. The van der Waals surface area contributed by atoms with E-state index in [0.717, 1.165) is 37.0 Å². The highest BCUT2D eigenvalue weighted by Gasteiger charge is 2.50. The van der Waals surface area contributed by atoms with Crippen molar-refractivity contribution in [2.24, 2.45) is 40.9 Å². The first-order valence-corrected chi connectivity index (χ1v) is 12.5. The van der Waals surface area contributed by atoms with Gasteiger partial charge in [0.15, 0.2) is 0 Å². The van der Waals surface area contributed by atoms with Crippen LogP contribution in [0.1, 0.15) is 92.9 Å². The summed E-state index contributed by atoms with van der Waals surface area (Å²) in [6.07, 6.45) is 19.5. The summed E-state index contributed by atoms with van der Waals surface area (Å²) in [7, 11) is 0. The smallest absolute Gasteiger partial charge is 0.0577 e. The first kappa shape index (κ1) is 22.9. The largest absolute Gasteiger partial charge is 0.393 e. The van der Waals surface area contributed by atoms with E-state index >= 15 is 0 Å². The van der Waals surface area contributed by atoms with Crippen LogP contribution in [-0.4, -0.2) is 11.2 Å². The molecule has 1 N–H and O–H groups in total. The minimum absolute atomic E-state index is 0.121. The van der Waals surface area contributed by atoms with E-state index in [0.29, 0.717) is 23.2 Å². The van der Waals surface area contributed by atoms with Crippen LogP contribution in [0.4, 0.5) is 0 Å². The molecule has 7 atom stereocenters. The van der Waals surface area contributed by atoms with E-state index in [9.17, 15) is 5.11 Å². The molecule has 3 saturated carbocycles. The molecule has 3 aliphatic carbocycles. The fraction of sp³-hybridized carbons (Fsp3) is 0.786. The predicted molar refractivity (Wildman–Crippen MR) is 126 cm³/mol. The van der Waals surface area contributed by atoms with Gasteiger partial charge in [-0.15, -0.1) is 0 Å². The van der Waals surface area contributed by atoms with Crippen LogP contribution in [0.25, 0.3) is 0 Å². The second-order valence-corrected chi connectivity index (χ2v) is 11.3. The van der Waals surface area contributed by atoms with Crippen LogP contribution in [0.5, 0.6) is 0 Å². The molecule has 0 radical (unpaired) electrons. The maximum atomic E-state index is 10.1. The molecule has 0 aromatic heterocycles. The first-order valence-electron chi connectivity index (χ1n) is 12.5. The van der Waals surface area contributed by atoms with Gasteiger partial charge in [-0.2, -0.15) is 0 Å². The van der Waals surface area contributed by atoms with Gasteiger partial charge in [0.25, 0.3) is 0 Å². The number of rotatable bonds is 5. The molecule has 3 rings (SSSR count). The average molecular weight is 399 g/mol. The fourth-order valence-electron chi connectivity index (χ4n) is 6.50. The molecule has 29 heavy (non-hydrogen) atoms. The molecular formula is C28H46O. The maximum Gasteiger partial charge on any atom is 0.0577 e. The topological polar surface area (TPSA) is 20.2 Å². The lowest BCUT2D eigenvalue weighted by atomic mass is 9.61. The van der Waals surface area contributed by atoms with Crippen LogP contribution in [0.15, 0.2) is 35.5 Å². The van der Waals surface area contributed by atoms with Crippen LogP contribution in [0.2, 0.25) is 0 Å². The zero-order chi connectivity index (χ0) is 21.2. The first-order chi connectivity index (χ1) is 13.7. The zero-order valence-corrected chi connectivity index (χ0v) is 20.0. The van der Waals surface area contributed by atoms with Crippen LogP contribution in [0.3, 0.4) is 0 Å². The van der Waals surface area contributed by atoms with Crippen molar-refractivity contribution in [3.63, 3.8) is 0 Å². The average Bonchev–Trinajstić information content (AvgIpc) is 3.04. The quantitative estimate of drug-likeness (QED) is 0.470. The number of fused-ring (bicyclic) bond motifs is 1. The Balaban J connectivity index is 1.74. The zero-order valence-electron chi connectivity index (χ0n) is 20.0. The predicted octanol–water partition coefficient (Wildman–Crippen LogP) is 7.72. The van der Waals surface area contributed by atoms with Gasteiger partial charge < -0.3 is 5.11 Å². The third-order valence-electron chi connectivity index (χ3n) is 8.99. The monoisotopic (exact) mass is 398 g/mol. The van der Waals surface area contributed by atoms with Crippen LogP contribution >= 0.6 is 0 Å². The van der Waals surface area contributed by atoms with Crippen molar-refractivity contribution in [2.75, 3.05) is 0 Å². The molecule has 164 valence electrons. The molecule has 1 heteroatoms. The van der Waals surface area contributed by atoms with E-state index in [1.54, 1.807) is 5.57 Å². The molecule has 0 bridgehead atoms. The van der Waals surface area contributed by atoms with Gasteiger partial charge in [0.1, 0.15) is 0 Å². The molecule has 3 aliphatic rings. The van der Waals surface area contributed by atoms with Gasteiger partial charge in [0.2, 0.25) is 0 Å². The Morgan fingerprint density at radius 2 is 1.69 bits per heavy atom. The molecule has 0 heterocycles. The van der Waals surface area contributed by atoms with Gasteiger partial charge in [-0.25, -0.2) is 0 Å². The van der Waals surface area contributed by atoms with Crippen molar-refractivity contribution in [2.45, 2.75) is 99.0 Å². The van der Waals surface area contributed by atoms with Crippen LogP contribution in [-0.2, 0) is 0 Å². The highest BCUT2D eigenvalue weighted by atomic mass is 16.3. The summed E-state index contributed by atoms with van der Waals surface area (Å²) in [5.41, 5.74) is 3.63. The fourth-order valence-corrected chi connectivity index (χ4v) is 6.50. The summed E-state index contributed by atoms with van der Waals surface area (Å²) in [6.45, 7) is 14.4. The lowest BCUT2D eigenvalue weighted by Gasteiger charge is -2.44. The third kappa shape index (κ3) is 5.09. The number of hydrogen-bond acceptors (Lipinski definition) is 1. The number of aliphatic hydroxyl groups is 1. The lowest BCUT2D eigenvalue weighted by molar-refractivity contribution is 0.112. The van der Waals surface area contributed by atoms with Gasteiger partial charge >= 0.3 is 0 Å². The Kier molecular flexibility index (Phi) is 7.52. The van der Waals surface area contributed by atoms with E-state index in [-0.39, 0.29) is 6.10 Å². The van der Waals surface area contributed by atoms with Crippen molar-refractivity contribution in [3.8, 4) is 0 Å². The van der Waals surface area contributed by atoms with E-state index in [1.807, 2.05) is 0 Å². The number of allylic oxidation sites excluding steroid dienone is 5. The summed E-state index contributed by atoms with van der Waals surface area (Å²) in [4.78, 5) is 0. The molecule has 0 spiro atoms. The Bertz CT molecular complexity index is 639. The Hall–Kier alpha value is -0.820. The number of aliphatic hydroxyl groups excluding tert-OH is 1. The Morgan fingerprint density at radius 1 is 0.966 bits per heavy atom. The molecule has 0 aliphatic heterocycles. The lowest BCUT2D eigenvalue weighted by Crippen LogP contribution is -2.35. The van der Waals surface area contributed by atoms with E-state index < -0.39 is 0 Å². The minimum atomic E-state index is -0.121. The summed E-state index contributed by atoms with van der Waals surface area (Å²) >= 11 is 0. The Morgan fingerprint density at radius 3 is 2.41 bits per heavy atom. The van der Waals surface area contributed by atoms with Crippen molar-refractivity contribution in [1.29, 1.82) is 0 Å². The third-order valence-corrected chi connectivity index (χ3v) is 8.99. The van der Waals surface area contributed by atoms with E-state index in [1.165, 1.54) is 37.7 Å². The van der Waals surface area contributed by atoms with Crippen molar-refractivity contribution in [3.05, 3.63) is 35.5 Å². The van der Waals surface area contributed by atoms with Crippen LogP contribution in [0, 0.1) is 40.9 Å². The summed E-state index contributed by atoms with van der Waals surface area (Å²) in [5.74, 6) is 4.29. The van der Waals surface area contributed by atoms with Gasteiger partial charge in [-0.1, -0.05) is 77.0 Å². The van der Waals surface area contributed by atoms with Gasteiger partial charge in [-0.3, -0.25) is 0 Å². The second-order valence-electron chi connectivity index (χ2n) is 11.3. The van der Waals surface area contributed by atoms with E-state index in [4.69, 9.17) is 0 Å².